The summed E-state index contributed by atoms with van der Waals surface area (Å²) in [6, 6.07) is 14.3. The predicted octanol–water partition coefficient (Wildman–Crippen LogP) is 5.21. The van der Waals surface area contributed by atoms with Crippen molar-refractivity contribution in [1.29, 1.82) is 0 Å². The maximum atomic E-state index is 13.1. The summed E-state index contributed by atoms with van der Waals surface area (Å²) in [5, 5.41) is 4.76. The third-order valence-electron chi connectivity index (χ3n) is 3.66. The van der Waals surface area contributed by atoms with Crippen LogP contribution in [0.1, 0.15) is 17.0 Å². The van der Waals surface area contributed by atoms with Crippen molar-refractivity contribution in [2.45, 2.75) is 13.1 Å². The smallest absolute Gasteiger partial charge is 0.260 e. The molecule has 0 spiro atoms. The molecule has 1 heterocycles. The molecule has 3 aromatic rings. The van der Waals surface area contributed by atoms with E-state index in [0.717, 1.165) is 11.1 Å². The van der Waals surface area contributed by atoms with Crippen LogP contribution in [0.3, 0.4) is 0 Å². The van der Waals surface area contributed by atoms with Gasteiger partial charge < -0.3 is 0 Å². The molecular weight excluding hydrogens is 456 g/mol. The maximum absolute atomic E-state index is 13.1. The summed E-state index contributed by atoms with van der Waals surface area (Å²) < 4.78 is 39.8. The molecule has 0 fully saturated rings. The molecule has 1 N–H and O–H groups in total. The molecule has 0 radical (unpaired) electrons. The molecule has 3 rings (SSSR count). The number of hydrogen-bond acceptors (Lipinski definition) is 4. The number of para-hydroxylation sites is 1. The quantitative estimate of drug-likeness (QED) is 0.247. The Bertz CT molecular complexity index is 953. The normalized spacial score (nSPS) is 12.4. The number of aromatic nitrogens is 2. The van der Waals surface area contributed by atoms with E-state index in [4.69, 9.17) is 0 Å². The summed E-state index contributed by atoms with van der Waals surface area (Å²) in [4.78, 5) is 7.23. The van der Waals surface area contributed by atoms with Crippen LogP contribution < -0.4 is 5.43 Å². The van der Waals surface area contributed by atoms with Gasteiger partial charge >= 0.3 is 6.18 Å². The van der Waals surface area contributed by atoms with Crippen LogP contribution in [-0.2, 0) is 6.18 Å². The summed E-state index contributed by atoms with van der Waals surface area (Å²) in [7, 11) is 0. The van der Waals surface area contributed by atoms with Gasteiger partial charge in [0, 0.05) is 9.81 Å². The average molecular weight is 470 g/mol. The molecule has 0 aliphatic rings. The number of nitrogens with one attached hydrogen (secondary N) is 1. The van der Waals surface area contributed by atoms with Crippen molar-refractivity contribution in [2.75, 3.05) is 9.85 Å². The van der Waals surface area contributed by atoms with Crippen LogP contribution in [0.4, 0.5) is 19.0 Å². The second-order valence-electron chi connectivity index (χ2n) is 5.58. The molecular formula is C18H14F3IN4. The maximum Gasteiger partial charge on any atom is 0.451 e. The summed E-state index contributed by atoms with van der Waals surface area (Å²) >= 11 is 2.16. The van der Waals surface area contributed by atoms with Gasteiger partial charge in [0.05, 0.1) is 11.2 Å². The number of halogens is 4. The van der Waals surface area contributed by atoms with Gasteiger partial charge in [0.2, 0.25) is 5.82 Å². The molecule has 0 aliphatic heterocycles. The molecule has 26 heavy (non-hydrogen) atoms. The highest BCUT2D eigenvalue weighted by Crippen LogP contribution is 2.30. The first kappa shape index (κ1) is 18.6. The Morgan fingerprint density at radius 3 is 2.42 bits per heavy atom. The van der Waals surface area contributed by atoms with E-state index >= 15 is 0 Å². The molecule has 4 nitrogen and oxygen atoms in total. The minimum atomic E-state index is -4.63. The fourth-order valence-electron chi connectivity index (χ4n) is 2.33. The Morgan fingerprint density at radius 1 is 1.08 bits per heavy atom. The Kier molecular flexibility index (Phi) is 5.40. The highest BCUT2D eigenvalue weighted by molar-refractivity contribution is 14.1. The summed E-state index contributed by atoms with van der Waals surface area (Å²) in [5.74, 6) is -1.17. The Balaban J connectivity index is 2.02. The van der Waals surface area contributed by atoms with Crippen LogP contribution in [0.2, 0.25) is 0 Å². The lowest BCUT2D eigenvalue weighted by Gasteiger charge is -2.11. The van der Waals surface area contributed by atoms with Gasteiger partial charge in [0.15, 0.2) is 5.82 Å². The van der Waals surface area contributed by atoms with Gasteiger partial charge in [-0.2, -0.15) is 18.3 Å². The van der Waals surface area contributed by atoms with E-state index in [-0.39, 0.29) is 11.3 Å². The van der Waals surface area contributed by atoms with Crippen LogP contribution in [0, 0.1) is 6.92 Å². The van der Waals surface area contributed by atoms with Crippen molar-refractivity contribution in [3.8, 4) is 0 Å². The van der Waals surface area contributed by atoms with Crippen LogP contribution in [0.15, 0.2) is 53.6 Å². The Labute approximate surface area is 161 Å². The highest BCUT2D eigenvalue weighted by atomic mass is 127. The van der Waals surface area contributed by atoms with Gasteiger partial charge in [-0.05, 0) is 24.6 Å². The van der Waals surface area contributed by atoms with Crippen LogP contribution in [0.25, 0.3) is 10.9 Å². The topological polar surface area (TPSA) is 50.2 Å². The number of aryl methyl sites for hydroxylation is 1. The zero-order valence-corrected chi connectivity index (χ0v) is 15.8. The van der Waals surface area contributed by atoms with E-state index in [0.29, 0.717) is 15.5 Å². The monoisotopic (exact) mass is 470 g/mol. The van der Waals surface area contributed by atoms with Gasteiger partial charge in [-0.1, -0.05) is 64.6 Å². The van der Waals surface area contributed by atoms with Gasteiger partial charge in [-0.25, -0.2) is 9.97 Å². The van der Waals surface area contributed by atoms with Crippen LogP contribution in [0.5, 0.6) is 0 Å². The van der Waals surface area contributed by atoms with E-state index in [1.165, 1.54) is 6.07 Å². The minimum absolute atomic E-state index is 0.0254. The fraction of sp³-hybridized carbons (Fsp3) is 0.167. The molecule has 0 saturated heterocycles. The summed E-state index contributed by atoms with van der Waals surface area (Å²) in [6.45, 7) is 1.98. The second kappa shape index (κ2) is 7.56. The van der Waals surface area contributed by atoms with Crippen molar-refractivity contribution in [3.63, 3.8) is 0 Å². The first-order valence-electron chi connectivity index (χ1n) is 7.68. The largest absolute Gasteiger partial charge is 0.451 e. The molecule has 2 aromatic carbocycles. The molecule has 8 heteroatoms. The molecule has 0 amide bonds. The number of rotatable bonds is 4. The van der Waals surface area contributed by atoms with Gasteiger partial charge in [0.25, 0.3) is 0 Å². The first-order valence-corrected chi connectivity index (χ1v) is 9.20. The second-order valence-corrected chi connectivity index (χ2v) is 6.34. The highest BCUT2D eigenvalue weighted by Gasteiger charge is 2.35. The lowest BCUT2D eigenvalue weighted by Crippen LogP contribution is -2.13. The van der Waals surface area contributed by atoms with Gasteiger partial charge in [-0.15, -0.1) is 0 Å². The predicted molar refractivity (Wildman–Crippen MR) is 105 cm³/mol. The van der Waals surface area contributed by atoms with Crippen molar-refractivity contribution >= 4 is 45.0 Å². The number of alkyl halides is 4. The van der Waals surface area contributed by atoms with Gasteiger partial charge in [-0.3, -0.25) is 5.43 Å². The van der Waals surface area contributed by atoms with E-state index in [1.54, 1.807) is 18.2 Å². The zero-order valence-electron chi connectivity index (χ0n) is 13.7. The molecule has 1 aromatic heterocycles. The van der Waals surface area contributed by atoms with E-state index in [9.17, 15) is 13.2 Å². The molecule has 0 atom stereocenters. The number of nitrogens with zero attached hydrogens (tertiary/aromatic N) is 3. The standard InChI is InChI=1S/C18H14F3IN4/c1-11-6-8-12(9-7-11)15(10-22)25-26-16-13-4-2-3-5-14(13)23-17(24-16)18(19,20)21/h2-9H,10H2,1H3,(H,23,24,26). The van der Waals surface area contributed by atoms with E-state index in [2.05, 4.69) is 43.1 Å². The number of hydrazone groups is 1. The Morgan fingerprint density at radius 2 is 1.77 bits per heavy atom. The fourth-order valence-corrected chi connectivity index (χ4v) is 2.94. The number of benzene rings is 2. The third kappa shape index (κ3) is 4.12. The Hall–Kier alpha value is -2.23. The van der Waals surface area contributed by atoms with Crippen molar-refractivity contribution < 1.29 is 13.2 Å². The average Bonchev–Trinajstić information content (AvgIpc) is 2.62. The molecule has 0 saturated carbocycles. The van der Waals surface area contributed by atoms with E-state index in [1.807, 2.05) is 31.2 Å². The summed E-state index contributed by atoms with van der Waals surface area (Å²) in [5.41, 5.74) is 5.63. The number of hydrogen-bond donors (Lipinski definition) is 1. The van der Waals surface area contributed by atoms with Crippen molar-refractivity contribution in [2.24, 2.45) is 5.10 Å². The third-order valence-corrected chi connectivity index (χ3v) is 4.39. The van der Waals surface area contributed by atoms with E-state index < -0.39 is 12.0 Å². The minimum Gasteiger partial charge on any atom is -0.260 e. The van der Waals surface area contributed by atoms with Gasteiger partial charge in [0.1, 0.15) is 0 Å². The zero-order chi connectivity index (χ0) is 18.7. The first-order chi connectivity index (χ1) is 12.4. The SMILES string of the molecule is Cc1ccc(C(CI)=NNc2nc(C(F)(F)F)nc3ccccc23)cc1. The van der Waals surface area contributed by atoms with Crippen LogP contribution in [-0.4, -0.2) is 20.1 Å². The lowest BCUT2D eigenvalue weighted by atomic mass is 10.1. The molecule has 0 unspecified atom stereocenters. The number of anilines is 1. The molecule has 0 bridgehead atoms. The van der Waals surface area contributed by atoms with Crippen molar-refractivity contribution in [3.05, 3.63) is 65.5 Å². The van der Waals surface area contributed by atoms with Crippen molar-refractivity contribution in [1.82, 2.24) is 9.97 Å². The molecule has 134 valence electrons. The molecule has 0 aliphatic carbocycles. The lowest BCUT2D eigenvalue weighted by molar-refractivity contribution is -0.144. The summed E-state index contributed by atoms with van der Waals surface area (Å²) in [6.07, 6.45) is -4.63. The van der Waals surface area contributed by atoms with Crippen LogP contribution >= 0.6 is 22.6 Å². The number of fused-ring (bicyclic) bond motifs is 1.